The number of hydrogen-bond donors (Lipinski definition) is 0. The van der Waals surface area contributed by atoms with Crippen LogP contribution in [0.1, 0.15) is 35.4 Å². The minimum absolute atomic E-state index is 0.0893. The first-order valence-corrected chi connectivity index (χ1v) is 9.32. The number of halogens is 1. The number of Topliss-reactive ketones (excluding diaryl/α,β-unsaturated/α-hetero) is 2. The van der Waals surface area contributed by atoms with Gasteiger partial charge in [0.15, 0.2) is 0 Å². The van der Waals surface area contributed by atoms with Crippen LogP contribution in [0.2, 0.25) is 0 Å². The number of amides is 1. The van der Waals surface area contributed by atoms with Crippen molar-refractivity contribution in [3.05, 3.63) is 58.9 Å². The SMILES string of the molecule is Cc1cc(-c2ccc(F)cc2)cc(C)c1C1C(=O)CC(C(=O)N(C)C)CC1=O. The van der Waals surface area contributed by atoms with Crippen molar-refractivity contribution in [1.82, 2.24) is 4.90 Å². The Balaban J connectivity index is 1.94. The van der Waals surface area contributed by atoms with E-state index in [1.54, 1.807) is 26.2 Å². The number of rotatable bonds is 3. The molecule has 4 nitrogen and oxygen atoms in total. The standard InChI is InChI=1S/C23H24FNO3/c1-13-9-16(15-5-7-18(24)8-6-15)10-14(2)21(13)22-19(26)11-17(12-20(22)27)23(28)25(3)4/h5-10,17,22H,11-12H2,1-4H3. The topological polar surface area (TPSA) is 54.5 Å². The van der Waals surface area contributed by atoms with Gasteiger partial charge in [-0.25, -0.2) is 4.39 Å². The van der Waals surface area contributed by atoms with E-state index in [4.69, 9.17) is 0 Å². The first kappa shape index (κ1) is 19.9. The minimum Gasteiger partial charge on any atom is -0.349 e. The first-order chi connectivity index (χ1) is 13.2. The van der Waals surface area contributed by atoms with Gasteiger partial charge in [0.1, 0.15) is 23.3 Å². The van der Waals surface area contributed by atoms with Gasteiger partial charge in [-0.1, -0.05) is 24.3 Å². The predicted molar refractivity (Wildman–Crippen MR) is 105 cm³/mol. The van der Waals surface area contributed by atoms with Crippen molar-refractivity contribution in [2.24, 2.45) is 5.92 Å². The zero-order valence-corrected chi connectivity index (χ0v) is 16.6. The highest BCUT2D eigenvalue weighted by molar-refractivity contribution is 6.12. The van der Waals surface area contributed by atoms with E-state index in [1.807, 2.05) is 26.0 Å². The van der Waals surface area contributed by atoms with Gasteiger partial charge < -0.3 is 4.90 Å². The zero-order chi connectivity index (χ0) is 20.6. The van der Waals surface area contributed by atoms with Crippen molar-refractivity contribution in [2.45, 2.75) is 32.6 Å². The molecule has 2 aromatic carbocycles. The van der Waals surface area contributed by atoms with Crippen LogP contribution in [0.15, 0.2) is 36.4 Å². The van der Waals surface area contributed by atoms with E-state index in [0.717, 1.165) is 27.8 Å². The summed E-state index contributed by atoms with van der Waals surface area (Å²) in [5, 5.41) is 0. The Morgan fingerprint density at radius 2 is 1.43 bits per heavy atom. The monoisotopic (exact) mass is 381 g/mol. The van der Waals surface area contributed by atoms with E-state index in [-0.39, 0.29) is 36.1 Å². The summed E-state index contributed by atoms with van der Waals surface area (Å²) in [5.41, 5.74) is 4.22. The Kier molecular flexibility index (Phi) is 5.45. The molecule has 1 aliphatic rings. The van der Waals surface area contributed by atoms with Gasteiger partial charge in [-0.3, -0.25) is 14.4 Å². The lowest BCUT2D eigenvalue weighted by molar-refractivity contribution is -0.143. The minimum atomic E-state index is -0.812. The molecule has 0 N–H and O–H groups in total. The second-order valence-electron chi connectivity index (χ2n) is 7.73. The highest BCUT2D eigenvalue weighted by Gasteiger charge is 2.40. The maximum absolute atomic E-state index is 13.2. The fourth-order valence-electron chi connectivity index (χ4n) is 4.07. The molecular formula is C23H24FNO3. The molecule has 0 aromatic heterocycles. The number of benzene rings is 2. The predicted octanol–water partition coefficient (Wildman–Crippen LogP) is 3.83. The Hall–Kier alpha value is -2.82. The number of carbonyl (C=O) groups excluding carboxylic acids is 3. The van der Waals surface area contributed by atoms with Gasteiger partial charge in [0.25, 0.3) is 0 Å². The molecule has 1 saturated carbocycles. The van der Waals surface area contributed by atoms with Crippen LogP contribution in [0.4, 0.5) is 4.39 Å². The normalized spacial score (nSPS) is 19.6. The first-order valence-electron chi connectivity index (χ1n) is 9.32. The Morgan fingerprint density at radius 3 is 1.89 bits per heavy atom. The second kappa shape index (κ2) is 7.66. The Morgan fingerprint density at radius 1 is 0.929 bits per heavy atom. The van der Waals surface area contributed by atoms with Gasteiger partial charge in [0, 0.05) is 26.9 Å². The lowest BCUT2D eigenvalue weighted by atomic mass is 9.73. The molecule has 1 fully saturated rings. The zero-order valence-electron chi connectivity index (χ0n) is 16.6. The highest BCUT2D eigenvalue weighted by Crippen LogP contribution is 2.36. The molecule has 1 aliphatic carbocycles. The summed E-state index contributed by atoms with van der Waals surface area (Å²) in [4.78, 5) is 39.2. The Labute approximate surface area is 164 Å². The third-order valence-corrected chi connectivity index (χ3v) is 5.39. The van der Waals surface area contributed by atoms with Crippen molar-refractivity contribution in [2.75, 3.05) is 14.1 Å². The van der Waals surface area contributed by atoms with Crippen LogP contribution < -0.4 is 0 Å². The molecule has 2 aromatic rings. The molecule has 0 bridgehead atoms. The van der Waals surface area contributed by atoms with Crippen molar-refractivity contribution in [3.8, 4) is 11.1 Å². The van der Waals surface area contributed by atoms with Gasteiger partial charge in [-0.15, -0.1) is 0 Å². The number of ketones is 2. The Bertz CT molecular complexity index is 906. The summed E-state index contributed by atoms with van der Waals surface area (Å²) < 4.78 is 13.2. The quantitative estimate of drug-likeness (QED) is 0.760. The molecule has 146 valence electrons. The summed E-state index contributed by atoms with van der Waals surface area (Å²) in [6.45, 7) is 3.76. The maximum atomic E-state index is 13.2. The van der Waals surface area contributed by atoms with E-state index in [0.29, 0.717) is 0 Å². The second-order valence-corrected chi connectivity index (χ2v) is 7.73. The molecule has 28 heavy (non-hydrogen) atoms. The van der Waals surface area contributed by atoms with Crippen LogP contribution in [0.25, 0.3) is 11.1 Å². The summed E-state index contributed by atoms with van der Waals surface area (Å²) in [7, 11) is 3.26. The fraction of sp³-hybridized carbons (Fsp3) is 0.348. The molecule has 0 radical (unpaired) electrons. The van der Waals surface area contributed by atoms with Gasteiger partial charge in [-0.05, 0) is 53.8 Å². The average Bonchev–Trinajstić information content (AvgIpc) is 2.62. The van der Waals surface area contributed by atoms with E-state index in [9.17, 15) is 18.8 Å². The smallest absolute Gasteiger partial charge is 0.226 e. The van der Waals surface area contributed by atoms with E-state index in [1.165, 1.54) is 17.0 Å². The summed E-state index contributed by atoms with van der Waals surface area (Å²) >= 11 is 0. The van der Waals surface area contributed by atoms with Crippen LogP contribution in [-0.4, -0.2) is 36.5 Å². The van der Waals surface area contributed by atoms with E-state index >= 15 is 0 Å². The molecule has 5 heteroatoms. The van der Waals surface area contributed by atoms with Crippen LogP contribution >= 0.6 is 0 Å². The highest BCUT2D eigenvalue weighted by atomic mass is 19.1. The van der Waals surface area contributed by atoms with E-state index in [2.05, 4.69) is 0 Å². The van der Waals surface area contributed by atoms with Crippen LogP contribution in [0.3, 0.4) is 0 Å². The van der Waals surface area contributed by atoms with Crippen molar-refractivity contribution in [1.29, 1.82) is 0 Å². The van der Waals surface area contributed by atoms with Gasteiger partial charge in [-0.2, -0.15) is 0 Å². The number of hydrogen-bond acceptors (Lipinski definition) is 3. The molecule has 3 rings (SSSR count). The molecule has 0 atom stereocenters. The molecule has 0 heterocycles. The largest absolute Gasteiger partial charge is 0.349 e. The average molecular weight is 381 g/mol. The third kappa shape index (κ3) is 3.75. The summed E-state index contributed by atoms with van der Waals surface area (Å²) in [6.07, 6.45) is 0.179. The van der Waals surface area contributed by atoms with Gasteiger partial charge >= 0.3 is 0 Å². The van der Waals surface area contributed by atoms with Crippen LogP contribution in [0, 0.1) is 25.6 Å². The fourth-order valence-corrected chi connectivity index (χ4v) is 4.07. The molecule has 0 spiro atoms. The van der Waals surface area contributed by atoms with Gasteiger partial charge in [0.2, 0.25) is 5.91 Å². The van der Waals surface area contributed by atoms with Crippen molar-refractivity contribution < 1.29 is 18.8 Å². The van der Waals surface area contributed by atoms with Crippen molar-refractivity contribution >= 4 is 17.5 Å². The number of nitrogens with zero attached hydrogens (tertiary/aromatic N) is 1. The lowest BCUT2D eigenvalue weighted by Gasteiger charge is -2.29. The maximum Gasteiger partial charge on any atom is 0.226 e. The third-order valence-electron chi connectivity index (χ3n) is 5.39. The lowest BCUT2D eigenvalue weighted by Crippen LogP contribution is -2.40. The van der Waals surface area contributed by atoms with Crippen LogP contribution in [0.5, 0.6) is 0 Å². The van der Waals surface area contributed by atoms with Crippen molar-refractivity contribution in [3.63, 3.8) is 0 Å². The van der Waals surface area contributed by atoms with Crippen LogP contribution in [-0.2, 0) is 14.4 Å². The van der Waals surface area contributed by atoms with E-state index < -0.39 is 11.8 Å². The molecular weight excluding hydrogens is 357 g/mol. The molecule has 0 aliphatic heterocycles. The summed E-state index contributed by atoms with van der Waals surface area (Å²) in [6, 6.07) is 10.1. The summed E-state index contributed by atoms with van der Waals surface area (Å²) in [5.74, 6) is -2.25. The number of aryl methyl sites for hydroxylation is 2. The number of carbonyl (C=O) groups is 3. The molecule has 0 saturated heterocycles. The molecule has 0 unspecified atom stereocenters. The molecule has 1 amide bonds. The van der Waals surface area contributed by atoms with Gasteiger partial charge in [0.05, 0.1) is 5.92 Å².